The molecule has 0 aliphatic carbocycles. The van der Waals surface area contributed by atoms with Crippen molar-refractivity contribution in [1.29, 1.82) is 0 Å². The molecule has 1 atom stereocenters. The van der Waals surface area contributed by atoms with Crippen LogP contribution in [0.2, 0.25) is 5.02 Å². The minimum absolute atomic E-state index is 0.178. The Morgan fingerprint density at radius 3 is 2.94 bits per heavy atom. The topological polar surface area (TPSA) is 58.6 Å². The highest BCUT2D eigenvalue weighted by molar-refractivity contribution is 9.11. The molecule has 96 valence electrons. The van der Waals surface area contributed by atoms with Gasteiger partial charge in [-0.2, -0.15) is 0 Å². The summed E-state index contributed by atoms with van der Waals surface area (Å²) in [7, 11) is 1.53. The summed E-state index contributed by atoms with van der Waals surface area (Å²) in [4.78, 5) is 11.4. The molecule has 1 unspecified atom stereocenters. The second-order valence-corrected chi connectivity index (χ2v) is 6.51. The number of carboxylic acids is 1. The van der Waals surface area contributed by atoms with E-state index in [0.29, 0.717) is 22.0 Å². The minimum Gasteiger partial charge on any atom is -0.496 e. The van der Waals surface area contributed by atoms with Gasteiger partial charge in [0.25, 0.3) is 0 Å². The molecule has 1 aromatic rings. The molecule has 0 aromatic heterocycles. The van der Waals surface area contributed by atoms with E-state index in [1.54, 1.807) is 18.2 Å². The standard InChI is InChI=1S/C11H9BrClNO3S/c1-17-7-3-2-5(13)4-6(7)8-9(10(15)16)18-11(12)14-8/h2-4,11,14H,1H3,(H,15,16). The fourth-order valence-electron chi connectivity index (χ4n) is 1.60. The number of hydrogen-bond donors (Lipinski definition) is 2. The fourth-order valence-corrected chi connectivity index (χ4v) is 3.34. The molecular formula is C11H9BrClNO3S. The normalized spacial score (nSPS) is 18.7. The first kappa shape index (κ1) is 13.6. The van der Waals surface area contributed by atoms with Gasteiger partial charge in [-0.3, -0.25) is 0 Å². The second-order valence-electron chi connectivity index (χ2n) is 3.43. The lowest BCUT2D eigenvalue weighted by Crippen LogP contribution is -2.13. The Bertz CT molecular complexity index is 535. The van der Waals surface area contributed by atoms with Gasteiger partial charge in [0, 0.05) is 10.6 Å². The summed E-state index contributed by atoms with van der Waals surface area (Å²) >= 11 is 10.5. The third-order valence-electron chi connectivity index (χ3n) is 2.33. The molecule has 2 N–H and O–H groups in total. The maximum absolute atomic E-state index is 11.2. The highest BCUT2D eigenvalue weighted by Gasteiger charge is 2.29. The van der Waals surface area contributed by atoms with E-state index in [4.69, 9.17) is 16.3 Å². The van der Waals surface area contributed by atoms with Gasteiger partial charge < -0.3 is 15.2 Å². The number of hydrogen-bond acceptors (Lipinski definition) is 4. The van der Waals surface area contributed by atoms with Crippen LogP contribution >= 0.6 is 39.3 Å². The summed E-state index contributed by atoms with van der Waals surface area (Å²) in [5, 5.41) is 12.7. The summed E-state index contributed by atoms with van der Waals surface area (Å²) in [5.41, 5.74) is 1.14. The first-order valence-electron chi connectivity index (χ1n) is 4.91. The Morgan fingerprint density at radius 1 is 1.61 bits per heavy atom. The van der Waals surface area contributed by atoms with Crippen molar-refractivity contribution in [3.63, 3.8) is 0 Å². The number of ether oxygens (including phenoxy) is 1. The zero-order valence-corrected chi connectivity index (χ0v) is 12.4. The molecule has 0 radical (unpaired) electrons. The van der Waals surface area contributed by atoms with Gasteiger partial charge in [-0.25, -0.2) is 4.79 Å². The van der Waals surface area contributed by atoms with Crippen LogP contribution in [0.1, 0.15) is 5.56 Å². The Balaban J connectivity index is 2.56. The zero-order valence-electron chi connectivity index (χ0n) is 9.24. The number of halogens is 2. The molecule has 4 nitrogen and oxygen atoms in total. The molecule has 1 aromatic carbocycles. The van der Waals surface area contributed by atoms with E-state index in [2.05, 4.69) is 21.2 Å². The fraction of sp³-hybridized carbons (Fsp3) is 0.182. The van der Waals surface area contributed by atoms with E-state index in [9.17, 15) is 9.90 Å². The Hall–Kier alpha value is -0.850. The highest BCUT2D eigenvalue weighted by Crippen LogP contribution is 2.41. The number of carbonyl (C=O) groups is 1. The van der Waals surface area contributed by atoms with Crippen LogP contribution in [0.5, 0.6) is 5.75 Å². The number of benzene rings is 1. The van der Waals surface area contributed by atoms with Gasteiger partial charge in [0.05, 0.1) is 12.8 Å². The molecule has 0 spiro atoms. The Kier molecular flexibility index (Phi) is 4.09. The van der Waals surface area contributed by atoms with Crippen LogP contribution < -0.4 is 10.1 Å². The van der Waals surface area contributed by atoms with E-state index in [-0.39, 0.29) is 9.19 Å². The molecule has 0 saturated heterocycles. The van der Waals surface area contributed by atoms with Crippen LogP contribution in [0.25, 0.3) is 5.70 Å². The predicted octanol–water partition coefficient (Wildman–Crippen LogP) is 3.12. The predicted molar refractivity (Wildman–Crippen MR) is 76.0 cm³/mol. The Labute approximate surface area is 121 Å². The van der Waals surface area contributed by atoms with Crippen LogP contribution in [-0.4, -0.2) is 22.5 Å². The van der Waals surface area contributed by atoms with Crippen molar-refractivity contribution in [1.82, 2.24) is 5.32 Å². The van der Waals surface area contributed by atoms with E-state index in [0.717, 1.165) is 0 Å². The van der Waals surface area contributed by atoms with Gasteiger partial charge >= 0.3 is 5.97 Å². The van der Waals surface area contributed by atoms with Gasteiger partial charge in [0.15, 0.2) is 0 Å². The lowest BCUT2D eigenvalue weighted by atomic mass is 10.1. The second kappa shape index (κ2) is 5.42. The average molecular weight is 351 g/mol. The SMILES string of the molecule is COc1ccc(Cl)cc1C1=C(C(=O)O)SC(Br)N1. The molecule has 0 bridgehead atoms. The number of thioether (sulfide) groups is 1. The molecule has 0 saturated carbocycles. The molecule has 1 aliphatic heterocycles. The maximum atomic E-state index is 11.2. The van der Waals surface area contributed by atoms with Gasteiger partial charge in [0.2, 0.25) is 0 Å². The smallest absolute Gasteiger partial charge is 0.344 e. The van der Waals surface area contributed by atoms with E-state index in [1.165, 1.54) is 18.9 Å². The van der Waals surface area contributed by atoms with Gasteiger partial charge in [0.1, 0.15) is 14.9 Å². The van der Waals surface area contributed by atoms with Crippen molar-refractivity contribution >= 4 is 51.0 Å². The number of rotatable bonds is 3. The molecule has 1 heterocycles. The van der Waals surface area contributed by atoms with Crippen molar-refractivity contribution < 1.29 is 14.6 Å². The molecule has 2 rings (SSSR count). The van der Waals surface area contributed by atoms with Crippen molar-refractivity contribution in [2.24, 2.45) is 0 Å². The minimum atomic E-state index is -0.980. The highest BCUT2D eigenvalue weighted by atomic mass is 79.9. The quantitative estimate of drug-likeness (QED) is 0.648. The van der Waals surface area contributed by atoms with Crippen LogP contribution in [0.4, 0.5) is 0 Å². The monoisotopic (exact) mass is 349 g/mol. The number of alkyl halides is 1. The van der Waals surface area contributed by atoms with Crippen LogP contribution in [0.3, 0.4) is 0 Å². The van der Waals surface area contributed by atoms with Crippen molar-refractivity contribution in [2.45, 2.75) is 4.28 Å². The molecule has 7 heteroatoms. The largest absolute Gasteiger partial charge is 0.496 e. The zero-order chi connectivity index (χ0) is 13.3. The summed E-state index contributed by atoms with van der Waals surface area (Å²) in [5.74, 6) is -0.408. The molecular weight excluding hydrogens is 342 g/mol. The Morgan fingerprint density at radius 2 is 2.33 bits per heavy atom. The molecule has 0 amide bonds. The number of aliphatic carboxylic acids is 1. The lowest BCUT2D eigenvalue weighted by molar-refractivity contribution is -0.131. The summed E-state index contributed by atoms with van der Waals surface area (Å²) < 4.78 is 5.05. The van der Waals surface area contributed by atoms with Gasteiger partial charge in [-0.15, -0.1) is 0 Å². The van der Waals surface area contributed by atoms with E-state index < -0.39 is 5.97 Å². The maximum Gasteiger partial charge on any atom is 0.344 e. The van der Waals surface area contributed by atoms with Crippen LogP contribution in [0.15, 0.2) is 23.1 Å². The van der Waals surface area contributed by atoms with Crippen molar-refractivity contribution in [3.05, 3.63) is 33.7 Å². The number of nitrogens with one attached hydrogen (secondary N) is 1. The molecule has 0 fully saturated rings. The van der Waals surface area contributed by atoms with Crippen LogP contribution in [-0.2, 0) is 4.79 Å². The third kappa shape index (κ3) is 2.60. The molecule has 1 aliphatic rings. The van der Waals surface area contributed by atoms with Gasteiger partial charge in [-0.1, -0.05) is 39.3 Å². The third-order valence-corrected chi connectivity index (χ3v) is 4.30. The van der Waals surface area contributed by atoms with Crippen molar-refractivity contribution in [3.8, 4) is 5.75 Å². The van der Waals surface area contributed by atoms with Crippen LogP contribution in [0, 0.1) is 0 Å². The van der Waals surface area contributed by atoms with Gasteiger partial charge in [-0.05, 0) is 18.2 Å². The van der Waals surface area contributed by atoms with E-state index in [1.807, 2.05) is 0 Å². The average Bonchev–Trinajstić information content (AvgIpc) is 2.71. The summed E-state index contributed by atoms with van der Waals surface area (Å²) in [6.07, 6.45) is 0. The van der Waals surface area contributed by atoms with E-state index >= 15 is 0 Å². The lowest BCUT2D eigenvalue weighted by Gasteiger charge is -2.11. The first-order valence-corrected chi connectivity index (χ1v) is 7.09. The summed E-state index contributed by atoms with van der Waals surface area (Å²) in [6.45, 7) is 0. The number of methoxy groups -OCH3 is 1. The number of carboxylic acid groups (broad SMARTS) is 1. The summed E-state index contributed by atoms with van der Waals surface area (Å²) in [6, 6.07) is 5.08. The first-order chi connectivity index (χ1) is 8.52. The molecule has 18 heavy (non-hydrogen) atoms. The van der Waals surface area contributed by atoms with Crippen molar-refractivity contribution in [2.75, 3.05) is 7.11 Å².